The molecule has 20 heavy (non-hydrogen) atoms. The summed E-state index contributed by atoms with van der Waals surface area (Å²) >= 11 is 0. The Morgan fingerprint density at radius 3 is 2.55 bits per heavy atom. The maximum Gasteiger partial charge on any atom is 0.305 e. The van der Waals surface area contributed by atoms with Crippen LogP contribution in [-0.2, 0) is 0 Å². The fourth-order valence-electron chi connectivity index (χ4n) is 1.75. The van der Waals surface area contributed by atoms with Gasteiger partial charge in [0.15, 0.2) is 0 Å². The number of rotatable bonds is 5. The van der Waals surface area contributed by atoms with Crippen LogP contribution in [0.2, 0.25) is 0 Å². The molecule has 0 heterocycles. The molecule has 7 heteroatoms. The van der Waals surface area contributed by atoms with Crippen LogP contribution in [0.5, 0.6) is 0 Å². The van der Waals surface area contributed by atoms with Gasteiger partial charge in [0.2, 0.25) is 5.82 Å². The summed E-state index contributed by atoms with van der Waals surface area (Å²) in [4.78, 5) is 22.8. The Labute approximate surface area is 115 Å². The molecule has 110 valence electrons. The van der Waals surface area contributed by atoms with Crippen LogP contribution in [0.15, 0.2) is 12.1 Å². The van der Waals surface area contributed by atoms with Crippen LogP contribution < -0.4 is 0 Å². The summed E-state index contributed by atoms with van der Waals surface area (Å²) in [6.07, 6.45) is 0.803. The predicted molar refractivity (Wildman–Crippen MR) is 69.4 cm³/mol. The van der Waals surface area contributed by atoms with E-state index in [4.69, 9.17) is 0 Å². The highest BCUT2D eigenvalue weighted by atomic mass is 19.1. The van der Waals surface area contributed by atoms with E-state index in [0.29, 0.717) is 12.6 Å². The van der Waals surface area contributed by atoms with Crippen LogP contribution in [0.25, 0.3) is 0 Å². The second-order valence-electron chi connectivity index (χ2n) is 4.71. The summed E-state index contributed by atoms with van der Waals surface area (Å²) in [6, 6.07) is 1.43. The van der Waals surface area contributed by atoms with E-state index in [1.165, 1.54) is 11.9 Å². The van der Waals surface area contributed by atoms with Crippen LogP contribution in [0.1, 0.15) is 30.6 Å². The van der Waals surface area contributed by atoms with Gasteiger partial charge in [-0.3, -0.25) is 14.9 Å². The highest BCUT2D eigenvalue weighted by molar-refractivity contribution is 5.95. The van der Waals surface area contributed by atoms with Crippen molar-refractivity contribution in [3.63, 3.8) is 0 Å². The Kier molecular flexibility index (Phi) is 5.12. The molecule has 0 N–H and O–H groups in total. The monoisotopic (exact) mass is 286 g/mol. The van der Waals surface area contributed by atoms with Crippen LogP contribution in [0.3, 0.4) is 0 Å². The molecule has 5 nitrogen and oxygen atoms in total. The van der Waals surface area contributed by atoms with E-state index in [1.807, 2.05) is 13.8 Å². The molecule has 1 rings (SSSR count). The molecule has 0 fully saturated rings. The van der Waals surface area contributed by atoms with Gasteiger partial charge in [-0.15, -0.1) is 0 Å². The molecule has 1 unspecified atom stereocenters. The number of carbonyl (C=O) groups excluding carboxylic acids is 1. The summed E-state index contributed by atoms with van der Waals surface area (Å²) in [7, 11) is 1.41. The molecule has 0 aliphatic rings. The molecule has 0 aliphatic carbocycles. The Balaban J connectivity index is 3.15. The number of nitrogens with zero attached hydrogens (tertiary/aromatic N) is 2. The lowest BCUT2D eigenvalue weighted by atomic mass is 10.1. The summed E-state index contributed by atoms with van der Waals surface area (Å²) < 4.78 is 27.5. The van der Waals surface area contributed by atoms with Crippen molar-refractivity contribution in [3.8, 4) is 0 Å². The van der Waals surface area contributed by atoms with Crippen molar-refractivity contribution in [2.24, 2.45) is 5.92 Å². The number of carbonyl (C=O) groups is 1. The largest absolute Gasteiger partial charge is 0.341 e. The number of nitro benzene ring substituents is 1. The zero-order valence-electron chi connectivity index (χ0n) is 11.5. The van der Waals surface area contributed by atoms with E-state index in [-0.39, 0.29) is 5.92 Å². The summed E-state index contributed by atoms with van der Waals surface area (Å²) in [5.41, 5.74) is -1.79. The molecule has 0 spiro atoms. The van der Waals surface area contributed by atoms with E-state index in [0.717, 1.165) is 12.5 Å². The predicted octanol–water partition coefficient (Wildman–Crippen LogP) is 2.99. The van der Waals surface area contributed by atoms with E-state index in [9.17, 15) is 23.7 Å². The quantitative estimate of drug-likeness (QED) is 0.617. The standard InChI is InChI=1S/C13H16F2N2O3/c1-4-8(2)7-16(3)13(18)11-9(14)5-6-10(12(11)15)17(19)20/h5-6,8H,4,7H2,1-3H3. The molecule has 0 saturated carbocycles. The minimum atomic E-state index is -1.43. The zero-order chi connectivity index (χ0) is 15.4. The first-order valence-electron chi connectivity index (χ1n) is 6.17. The number of benzene rings is 1. The molecule has 0 saturated heterocycles. The fraction of sp³-hybridized carbons (Fsp3) is 0.462. The minimum Gasteiger partial charge on any atom is -0.341 e. The van der Waals surface area contributed by atoms with Crippen LogP contribution in [-0.4, -0.2) is 29.3 Å². The second-order valence-corrected chi connectivity index (χ2v) is 4.71. The highest BCUT2D eigenvalue weighted by Gasteiger charge is 2.28. The zero-order valence-corrected chi connectivity index (χ0v) is 11.5. The van der Waals surface area contributed by atoms with Gasteiger partial charge in [0.05, 0.1) is 4.92 Å². The summed E-state index contributed by atoms with van der Waals surface area (Å²) in [5, 5.41) is 10.6. The topological polar surface area (TPSA) is 63.5 Å². The van der Waals surface area contributed by atoms with Gasteiger partial charge in [0, 0.05) is 19.7 Å². The molecule has 1 amide bonds. The Hall–Kier alpha value is -2.05. The third-order valence-corrected chi connectivity index (χ3v) is 3.11. The van der Waals surface area contributed by atoms with E-state index in [1.54, 1.807) is 0 Å². The number of nitro groups is 1. The lowest BCUT2D eigenvalue weighted by molar-refractivity contribution is -0.387. The van der Waals surface area contributed by atoms with Crippen LogP contribution in [0, 0.1) is 27.7 Å². The fourth-order valence-corrected chi connectivity index (χ4v) is 1.75. The van der Waals surface area contributed by atoms with Crippen LogP contribution in [0.4, 0.5) is 14.5 Å². The van der Waals surface area contributed by atoms with Gasteiger partial charge < -0.3 is 4.90 Å². The molecular formula is C13H16F2N2O3. The molecule has 0 aliphatic heterocycles. The summed E-state index contributed by atoms with van der Waals surface area (Å²) in [5.74, 6) is -3.28. The third-order valence-electron chi connectivity index (χ3n) is 3.11. The first-order chi connectivity index (χ1) is 9.29. The van der Waals surface area contributed by atoms with Gasteiger partial charge in [0.1, 0.15) is 11.4 Å². The van der Waals surface area contributed by atoms with Crippen molar-refractivity contribution < 1.29 is 18.5 Å². The number of halogens is 2. The first-order valence-corrected chi connectivity index (χ1v) is 6.17. The molecular weight excluding hydrogens is 270 g/mol. The van der Waals surface area contributed by atoms with Gasteiger partial charge in [0.25, 0.3) is 5.91 Å². The number of amides is 1. The molecule has 1 atom stereocenters. The van der Waals surface area contributed by atoms with Crippen LogP contribution >= 0.6 is 0 Å². The molecule has 1 aromatic rings. The Bertz CT molecular complexity index is 535. The highest BCUT2D eigenvalue weighted by Crippen LogP contribution is 2.24. The maximum absolute atomic E-state index is 13.9. The van der Waals surface area contributed by atoms with Gasteiger partial charge in [-0.2, -0.15) is 4.39 Å². The van der Waals surface area contributed by atoms with Gasteiger partial charge >= 0.3 is 5.69 Å². The van der Waals surface area contributed by atoms with Crippen molar-refractivity contribution in [2.75, 3.05) is 13.6 Å². The van der Waals surface area contributed by atoms with E-state index < -0.39 is 33.7 Å². The second kappa shape index (κ2) is 6.40. The normalized spacial score (nSPS) is 12.1. The minimum absolute atomic E-state index is 0.161. The molecule has 1 aromatic carbocycles. The van der Waals surface area contributed by atoms with Gasteiger partial charge in [-0.1, -0.05) is 20.3 Å². The lowest BCUT2D eigenvalue weighted by Crippen LogP contribution is -2.32. The van der Waals surface area contributed by atoms with Crippen molar-refractivity contribution in [1.82, 2.24) is 4.90 Å². The lowest BCUT2D eigenvalue weighted by Gasteiger charge is -2.21. The first kappa shape index (κ1) is 16.0. The van der Waals surface area contributed by atoms with E-state index in [2.05, 4.69) is 0 Å². The average Bonchev–Trinajstić information content (AvgIpc) is 2.37. The van der Waals surface area contributed by atoms with E-state index >= 15 is 0 Å². The third kappa shape index (κ3) is 3.28. The molecule has 0 bridgehead atoms. The molecule has 0 radical (unpaired) electrons. The van der Waals surface area contributed by atoms with Crippen molar-refractivity contribution in [2.45, 2.75) is 20.3 Å². The molecule has 0 aromatic heterocycles. The smallest absolute Gasteiger partial charge is 0.305 e. The average molecular weight is 286 g/mol. The van der Waals surface area contributed by atoms with Crippen molar-refractivity contribution in [3.05, 3.63) is 39.4 Å². The van der Waals surface area contributed by atoms with Crippen molar-refractivity contribution in [1.29, 1.82) is 0 Å². The Morgan fingerprint density at radius 1 is 1.45 bits per heavy atom. The SMILES string of the molecule is CCC(C)CN(C)C(=O)c1c(F)ccc([N+](=O)[O-])c1F. The Morgan fingerprint density at radius 2 is 2.05 bits per heavy atom. The summed E-state index contributed by atoms with van der Waals surface area (Å²) in [6.45, 7) is 4.14. The number of hydrogen-bond acceptors (Lipinski definition) is 3. The maximum atomic E-state index is 13.9. The van der Waals surface area contributed by atoms with Gasteiger partial charge in [-0.05, 0) is 12.0 Å². The number of hydrogen-bond donors (Lipinski definition) is 0. The van der Waals surface area contributed by atoms with Crippen molar-refractivity contribution >= 4 is 11.6 Å². The van der Waals surface area contributed by atoms with Gasteiger partial charge in [-0.25, -0.2) is 4.39 Å².